The Kier molecular flexibility index (Phi) is 7.05. The molecular formula is C24H25ClFN5O2. The highest BCUT2D eigenvalue weighted by atomic mass is 35.5. The predicted molar refractivity (Wildman–Crippen MR) is 125 cm³/mol. The van der Waals surface area contributed by atoms with Crippen molar-refractivity contribution in [1.82, 2.24) is 19.6 Å². The van der Waals surface area contributed by atoms with E-state index < -0.39 is 0 Å². The summed E-state index contributed by atoms with van der Waals surface area (Å²) in [6, 6.07) is 13.8. The second-order valence-corrected chi connectivity index (χ2v) is 8.45. The third-order valence-electron chi connectivity index (χ3n) is 5.71. The molecule has 2 heterocycles. The van der Waals surface area contributed by atoms with E-state index in [1.165, 1.54) is 6.07 Å². The summed E-state index contributed by atoms with van der Waals surface area (Å²) >= 11 is 6.23. The molecule has 0 saturated carbocycles. The fourth-order valence-corrected chi connectivity index (χ4v) is 3.95. The minimum absolute atomic E-state index is 0.156. The van der Waals surface area contributed by atoms with Crippen LogP contribution in [0.5, 0.6) is 0 Å². The first-order chi connectivity index (χ1) is 15.9. The zero-order valence-electron chi connectivity index (χ0n) is 18.3. The molecule has 0 bridgehead atoms. The van der Waals surface area contributed by atoms with Crippen LogP contribution in [-0.2, 0) is 11.3 Å². The van der Waals surface area contributed by atoms with Crippen LogP contribution in [0.1, 0.15) is 21.5 Å². The molecular weight excluding hydrogens is 445 g/mol. The summed E-state index contributed by atoms with van der Waals surface area (Å²) in [6.07, 6.45) is 1.63. The number of amides is 2. The molecule has 3 aromatic rings. The summed E-state index contributed by atoms with van der Waals surface area (Å²) in [5, 5.41) is 7.83. The lowest BCUT2D eigenvalue weighted by Crippen LogP contribution is -2.50. The Labute approximate surface area is 196 Å². The van der Waals surface area contributed by atoms with Gasteiger partial charge in [-0.25, -0.2) is 9.07 Å². The number of piperazine rings is 1. The maximum absolute atomic E-state index is 13.8. The number of hydrogen-bond donors (Lipinski definition) is 1. The van der Waals surface area contributed by atoms with E-state index in [-0.39, 0.29) is 24.2 Å². The van der Waals surface area contributed by atoms with Gasteiger partial charge in [-0.3, -0.25) is 14.5 Å². The van der Waals surface area contributed by atoms with Gasteiger partial charge in [0.05, 0.1) is 19.3 Å². The average molecular weight is 470 g/mol. The van der Waals surface area contributed by atoms with E-state index in [2.05, 4.69) is 10.4 Å². The maximum atomic E-state index is 13.8. The van der Waals surface area contributed by atoms with E-state index >= 15 is 0 Å². The lowest BCUT2D eigenvalue weighted by molar-refractivity contribution is -0.117. The molecule has 7 nitrogen and oxygen atoms in total. The highest BCUT2D eigenvalue weighted by Gasteiger charge is 2.24. The minimum Gasteiger partial charge on any atom is -0.336 e. The van der Waals surface area contributed by atoms with E-state index in [4.69, 9.17) is 11.6 Å². The maximum Gasteiger partial charge on any atom is 0.254 e. The number of aromatic nitrogens is 2. The normalized spacial score (nSPS) is 14.3. The number of hydrogen-bond acceptors (Lipinski definition) is 4. The summed E-state index contributed by atoms with van der Waals surface area (Å²) in [5.41, 5.74) is 1.76. The van der Waals surface area contributed by atoms with Gasteiger partial charge in [0, 0.05) is 42.8 Å². The van der Waals surface area contributed by atoms with E-state index in [0.29, 0.717) is 54.7 Å². The van der Waals surface area contributed by atoms with Crippen molar-refractivity contribution in [3.05, 3.63) is 82.3 Å². The summed E-state index contributed by atoms with van der Waals surface area (Å²) in [4.78, 5) is 29.0. The van der Waals surface area contributed by atoms with Crippen LogP contribution in [0.3, 0.4) is 0 Å². The predicted octanol–water partition coefficient (Wildman–Crippen LogP) is 3.43. The number of anilines is 1. The van der Waals surface area contributed by atoms with Gasteiger partial charge >= 0.3 is 0 Å². The largest absolute Gasteiger partial charge is 0.336 e. The quantitative estimate of drug-likeness (QED) is 0.600. The van der Waals surface area contributed by atoms with E-state index in [9.17, 15) is 14.0 Å². The van der Waals surface area contributed by atoms with Gasteiger partial charge in [-0.05, 0) is 36.2 Å². The molecule has 4 rings (SSSR count). The van der Waals surface area contributed by atoms with E-state index in [0.717, 1.165) is 5.56 Å². The SMILES string of the molecule is Cc1ccc(C(=O)N2CCN(CC(=O)Nc3ccnn3Cc3ccccc3Cl)CC2)cc1F. The second-order valence-electron chi connectivity index (χ2n) is 8.05. The van der Waals surface area contributed by atoms with Crippen molar-refractivity contribution >= 4 is 29.2 Å². The van der Waals surface area contributed by atoms with Gasteiger partial charge in [0.2, 0.25) is 5.91 Å². The van der Waals surface area contributed by atoms with Gasteiger partial charge in [-0.2, -0.15) is 5.10 Å². The van der Waals surface area contributed by atoms with Crippen LogP contribution in [0.15, 0.2) is 54.7 Å². The zero-order chi connectivity index (χ0) is 23.4. The Morgan fingerprint density at radius 2 is 1.85 bits per heavy atom. The van der Waals surface area contributed by atoms with Crippen molar-refractivity contribution in [1.29, 1.82) is 0 Å². The van der Waals surface area contributed by atoms with Crippen molar-refractivity contribution < 1.29 is 14.0 Å². The highest BCUT2D eigenvalue weighted by Crippen LogP contribution is 2.18. The Balaban J connectivity index is 1.29. The molecule has 2 amide bonds. The highest BCUT2D eigenvalue weighted by molar-refractivity contribution is 6.31. The first kappa shape index (κ1) is 22.9. The molecule has 1 aliphatic heterocycles. The van der Waals surface area contributed by atoms with E-state index in [1.807, 2.05) is 29.2 Å². The van der Waals surface area contributed by atoms with E-state index in [1.54, 1.807) is 40.9 Å². The number of nitrogens with one attached hydrogen (secondary N) is 1. The molecule has 1 N–H and O–H groups in total. The van der Waals surface area contributed by atoms with Gasteiger partial charge in [0.1, 0.15) is 11.6 Å². The van der Waals surface area contributed by atoms with Gasteiger partial charge in [0.25, 0.3) is 5.91 Å². The summed E-state index contributed by atoms with van der Waals surface area (Å²) in [5.74, 6) is -0.141. The molecule has 0 radical (unpaired) electrons. The van der Waals surface area contributed by atoms with Crippen LogP contribution in [-0.4, -0.2) is 64.1 Å². The third kappa shape index (κ3) is 5.58. The van der Waals surface area contributed by atoms with Gasteiger partial charge in [-0.1, -0.05) is 35.9 Å². The Morgan fingerprint density at radius 3 is 2.58 bits per heavy atom. The summed E-state index contributed by atoms with van der Waals surface area (Å²) in [6.45, 7) is 4.40. The lowest BCUT2D eigenvalue weighted by Gasteiger charge is -2.34. The average Bonchev–Trinajstić information content (AvgIpc) is 3.23. The van der Waals surface area contributed by atoms with Gasteiger partial charge < -0.3 is 10.2 Å². The number of carbonyl (C=O) groups excluding carboxylic acids is 2. The molecule has 1 fully saturated rings. The summed E-state index contributed by atoms with van der Waals surface area (Å²) < 4.78 is 15.5. The van der Waals surface area contributed by atoms with Crippen molar-refractivity contribution in [3.8, 4) is 0 Å². The van der Waals surface area contributed by atoms with Gasteiger partial charge in [0.15, 0.2) is 0 Å². The molecule has 0 unspecified atom stereocenters. The monoisotopic (exact) mass is 469 g/mol. The second kappa shape index (κ2) is 10.1. The Bertz CT molecular complexity index is 1160. The van der Waals surface area contributed by atoms with Crippen LogP contribution in [0.2, 0.25) is 5.02 Å². The first-order valence-corrected chi connectivity index (χ1v) is 11.1. The van der Waals surface area contributed by atoms with Gasteiger partial charge in [-0.15, -0.1) is 0 Å². The number of nitrogens with zero attached hydrogens (tertiary/aromatic N) is 4. The third-order valence-corrected chi connectivity index (χ3v) is 6.08. The van der Waals surface area contributed by atoms with Crippen LogP contribution in [0.4, 0.5) is 10.2 Å². The molecule has 1 saturated heterocycles. The molecule has 9 heteroatoms. The lowest BCUT2D eigenvalue weighted by atomic mass is 10.1. The molecule has 2 aromatic carbocycles. The van der Waals surface area contributed by atoms with Crippen molar-refractivity contribution in [2.24, 2.45) is 0 Å². The standard InChI is InChI=1S/C24H25ClFN5O2/c1-17-6-7-18(14-21(17)26)24(33)30-12-10-29(11-13-30)16-23(32)28-22-8-9-27-31(22)15-19-4-2-3-5-20(19)25/h2-9,14H,10-13,15-16H2,1H3,(H,28,32). The van der Waals surface area contributed by atoms with Crippen molar-refractivity contribution in [2.45, 2.75) is 13.5 Å². The van der Waals surface area contributed by atoms with Crippen LogP contribution in [0.25, 0.3) is 0 Å². The summed E-state index contributed by atoms with van der Waals surface area (Å²) in [7, 11) is 0. The Hall–Kier alpha value is -3.23. The fourth-order valence-electron chi connectivity index (χ4n) is 3.76. The zero-order valence-corrected chi connectivity index (χ0v) is 19.1. The van der Waals surface area contributed by atoms with Crippen LogP contribution in [0, 0.1) is 12.7 Å². The van der Waals surface area contributed by atoms with Crippen molar-refractivity contribution in [2.75, 3.05) is 38.0 Å². The number of halogens is 2. The van der Waals surface area contributed by atoms with Crippen LogP contribution < -0.4 is 5.32 Å². The minimum atomic E-state index is -0.384. The topological polar surface area (TPSA) is 70.5 Å². The fraction of sp³-hybridized carbons (Fsp3) is 0.292. The molecule has 0 atom stereocenters. The van der Waals surface area contributed by atoms with Crippen molar-refractivity contribution in [3.63, 3.8) is 0 Å². The molecule has 1 aromatic heterocycles. The molecule has 33 heavy (non-hydrogen) atoms. The number of benzene rings is 2. The molecule has 172 valence electrons. The Morgan fingerprint density at radius 1 is 1.09 bits per heavy atom. The smallest absolute Gasteiger partial charge is 0.254 e. The number of aryl methyl sites for hydroxylation is 1. The molecule has 0 spiro atoms. The first-order valence-electron chi connectivity index (χ1n) is 10.7. The molecule has 1 aliphatic rings. The number of carbonyl (C=O) groups is 2. The molecule has 0 aliphatic carbocycles. The number of rotatable bonds is 6. The van der Waals surface area contributed by atoms with Crippen LogP contribution >= 0.6 is 11.6 Å².